The molecule has 0 amide bonds. The molecule has 0 spiro atoms. The van der Waals surface area contributed by atoms with Crippen molar-refractivity contribution in [2.75, 3.05) is 0 Å². The number of furan rings is 1. The van der Waals surface area contributed by atoms with Crippen molar-refractivity contribution in [3.63, 3.8) is 0 Å². The van der Waals surface area contributed by atoms with Crippen LogP contribution in [0.2, 0.25) is 0 Å². The maximum absolute atomic E-state index is 9.93. The number of carbonyl (C=O) groups is 1. The van der Waals surface area contributed by atoms with Crippen molar-refractivity contribution in [3.8, 4) is 0 Å². The van der Waals surface area contributed by atoms with Crippen LogP contribution >= 0.6 is 0 Å². The van der Waals surface area contributed by atoms with Crippen molar-refractivity contribution in [2.45, 2.75) is 20.8 Å². The Morgan fingerprint density at radius 2 is 2.10 bits per heavy atom. The number of hydrogen-bond acceptors (Lipinski definition) is 2. The van der Waals surface area contributed by atoms with Crippen molar-refractivity contribution in [1.82, 2.24) is 0 Å². The molecule has 0 N–H and O–H groups in total. The molecule has 2 nitrogen and oxygen atoms in total. The summed E-state index contributed by atoms with van der Waals surface area (Å²) >= 11 is 0. The minimum atomic E-state index is 0.391. The molecular formula is C8H12O2. The van der Waals surface area contributed by atoms with Gasteiger partial charge < -0.3 is 4.42 Å². The summed E-state index contributed by atoms with van der Waals surface area (Å²) in [4.78, 5) is 9.93. The van der Waals surface area contributed by atoms with Crippen molar-refractivity contribution >= 4 is 6.29 Å². The minimum Gasteiger partial charge on any atom is -0.461 e. The highest BCUT2D eigenvalue weighted by molar-refractivity contribution is 5.70. The van der Waals surface area contributed by atoms with Crippen LogP contribution in [0.3, 0.4) is 0 Å². The lowest BCUT2D eigenvalue weighted by Crippen LogP contribution is -1.66. The van der Waals surface area contributed by atoms with Gasteiger partial charge in [-0.05, 0) is 18.6 Å². The molecule has 1 rings (SSSR count). The highest BCUT2D eigenvalue weighted by atomic mass is 16.3. The van der Waals surface area contributed by atoms with Gasteiger partial charge in [0.05, 0.1) is 6.26 Å². The number of aldehydes is 1. The van der Waals surface area contributed by atoms with Gasteiger partial charge in [0.1, 0.15) is 0 Å². The molecule has 0 saturated carbocycles. The van der Waals surface area contributed by atoms with Crippen LogP contribution in [0.25, 0.3) is 0 Å². The van der Waals surface area contributed by atoms with Crippen LogP contribution in [-0.2, 0) is 0 Å². The minimum absolute atomic E-state index is 0.391. The van der Waals surface area contributed by atoms with Crippen molar-refractivity contribution < 1.29 is 9.21 Å². The standard InChI is InChI=1S/C6H6O2.C2H6/c1-5-2-6(3-7)8-4-5;1-2/h2-4H,1H3;1-2H3. The van der Waals surface area contributed by atoms with Gasteiger partial charge in [0.2, 0.25) is 0 Å². The predicted molar refractivity (Wildman–Crippen MR) is 40.2 cm³/mol. The fraction of sp³-hybridized carbons (Fsp3) is 0.375. The number of rotatable bonds is 1. The number of carbonyl (C=O) groups excluding carboxylic acids is 1. The second kappa shape index (κ2) is 4.79. The third-order valence-electron chi connectivity index (χ3n) is 0.867. The van der Waals surface area contributed by atoms with E-state index in [2.05, 4.69) is 0 Å². The fourth-order valence-corrected chi connectivity index (χ4v) is 0.515. The van der Waals surface area contributed by atoms with Crippen molar-refractivity contribution in [3.05, 3.63) is 23.7 Å². The Balaban J connectivity index is 0.000000371. The van der Waals surface area contributed by atoms with Crippen molar-refractivity contribution in [2.24, 2.45) is 0 Å². The Morgan fingerprint density at radius 1 is 1.50 bits per heavy atom. The van der Waals surface area contributed by atoms with E-state index in [1.165, 1.54) is 0 Å². The molecule has 0 fully saturated rings. The molecule has 1 aromatic rings. The molecule has 0 aliphatic rings. The lowest BCUT2D eigenvalue weighted by atomic mass is 10.3. The average molecular weight is 140 g/mol. The Bertz CT molecular complexity index is 189. The summed E-state index contributed by atoms with van der Waals surface area (Å²) in [5.74, 6) is 0.391. The monoisotopic (exact) mass is 140 g/mol. The molecule has 0 aliphatic heterocycles. The molecule has 0 aromatic carbocycles. The normalized spacial score (nSPS) is 7.90. The first kappa shape index (κ1) is 8.95. The Labute approximate surface area is 60.9 Å². The summed E-state index contributed by atoms with van der Waals surface area (Å²) in [6.45, 7) is 5.87. The van der Waals surface area contributed by atoms with Crippen LogP contribution < -0.4 is 0 Å². The second-order valence-electron chi connectivity index (χ2n) is 1.64. The van der Waals surface area contributed by atoms with E-state index in [1.54, 1.807) is 12.3 Å². The zero-order valence-electron chi connectivity index (χ0n) is 6.55. The van der Waals surface area contributed by atoms with Crippen LogP contribution in [0.5, 0.6) is 0 Å². The summed E-state index contributed by atoms with van der Waals surface area (Å²) in [5, 5.41) is 0. The van der Waals surface area contributed by atoms with E-state index in [9.17, 15) is 4.79 Å². The molecule has 2 heteroatoms. The summed E-state index contributed by atoms with van der Waals surface area (Å²) in [5.41, 5.74) is 0.979. The largest absolute Gasteiger partial charge is 0.461 e. The van der Waals surface area contributed by atoms with E-state index >= 15 is 0 Å². The van der Waals surface area contributed by atoms with Crippen LogP contribution in [0.4, 0.5) is 0 Å². The molecule has 0 atom stereocenters. The van der Waals surface area contributed by atoms with Crippen LogP contribution in [0, 0.1) is 6.92 Å². The molecule has 0 unspecified atom stereocenters. The lowest BCUT2D eigenvalue weighted by molar-refractivity contribution is 0.110. The van der Waals surface area contributed by atoms with Gasteiger partial charge in [0, 0.05) is 0 Å². The first-order chi connectivity index (χ1) is 4.83. The quantitative estimate of drug-likeness (QED) is 0.561. The van der Waals surface area contributed by atoms with Gasteiger partial charge in [-0.3, -0.25) is 4.79 Å². The molecule has 56 valence electrons. The summed E-state index contributed by atoms with van der Waals surface area (Å²) < 4.78 is 4.75. The van der Waals surface area contributed by atoms with E-state index in [-0.39, 0.29) is 0 Å². The fourth-order valence-electron chi connectivity index (χ4n) is 0.515. The highest BCUT2D eigenvalue weighted by Crippen LogP contribution is 2.01. The zero-order chi connectivity index (χ0) is 7.98. The Hall–Kier alpha value is -1.05. The number of aryl methyl sites for hydroxylation is 1. The Kier molecular flexibility index (Phi) is 4.29. The van der Waals surface area contributed by atoms with Crippen molar-refractivity contribution in [1.29, 1.82) is 0 Å². The Morgan fingerprint density at radius 3 is 2.30 bits per heavy atom. The first-order valence-corrected chi connectivity index (χ1v) is 3.33. The molecule has 1 heterocycles. The zero-order valence-corrected chi connectivity index (χ0v) is 6.55. The topological polar surface area (TPSA) is 30.2 Å². The van der Waals surface area contributed by atoms with Gasteiger partial charge in [-0.15, -0.1) is 0 Å². The van der Waals surface area contributed by atoms with Gasteiger partial charge >= 0.3 is 0 Å². The lowest BCUT2D eigenvalue weighted by Gasteiger charge is -1.69. The maximum Gasteiger partial charge on any atom is 0.185 e. The van der Waals surface area contributed by atoms with Gasteiger partial charge in [-0.2, -0.15) is 0 Å². The smallest absolute Gasteiger partial charge is 0.185 e. The highest BCUT2D eigenvalue weighted by Gasteiger charge is 1.91. The summed E-state index contributed by atoms with van der Waals surface area (Å²) in [6, 6.07) is 1.69. The average Bonchev–Trinajstić information content (AvgIpc) is 2.40. The van der Waals surface area contributed by atoms with Crippen LogP contribution in [0.1, 0.15) is 30.0 Å². The van der Waals surface area contributed by atoms with Gasteiger partial charge in [-0.25, -0.2) is 0 Å². The number of hydrogen-bond donors (Lipinski definition) is 0. The van der Waals surface area contributed by atoms with E-state index < -0.39 is 0 Å². The first-order valence-electron chi connectivity index (χ1n) is 3.33. The summed E-state index contributed by atoms with van der Waals surface area (Å²) in [7, 11) is 0. The third kappa shape index (κ3) is 2.49. The van der Waals surface area contributed by atoms with E-state index in [0.717, 1.165) is 5.56 Å². The maximum atomic E-state index is 9.93. The molecule has 0 bridgehead atoms. The molecule has 1 aromatic heterocycles. The van der Waals surface area contributed by atoms with E-state index in [1.807, 2.05) is 20.8 Å². The molecular weight excluding hydrogens is 128 g/mol. The van der Waals surface area contributed by atoms with Gasteiger partial charge in [-0.1, -0.05) is 13.8 Å². The van der Waals surface area contributed by atoms with E-state index in [4.69, 9.17) is 4.42 Å². The van der Waals surface area contributed by atoms with Crippen LogP contribution in [-0.4, -0.2) is 6.29 Å². The van der Waals surface area contributed by atoms with Gasteiger partial charge in [0.15, 0.2) is 12.0 Å². The molecule has 10 heavy (non-hydrogen) atoms. The van der Waals surface area contributed by atoms with E-state index in [0.29, 0.717) is 12.0 Å². The second-order valence-corrected chi connectivity index (χ2v) is 1.64. The van der Waals surface area contributed by atoms with Gasteiger partial charge in [0.25, 0.3) is 0 Å². The molecule has 0 saturated heterocycles. The van der Waals surface area contributed by atoms with Crippen LogP contribution in [0.15, 0.2) is 16.7 Å². The predicted octanol–water partition coefficient (Wildman–Crippen LogP) is 2.43. The third-order valence-corrected chi connectivity index (χ3v) is 0.867. The molecule has 0 radical (unpaired) electrons. The SMILES string of the molecule is CC.Cc1coc(C=O)c1. The summed E-state index contributed by atoms with van der Waals surface area (Å²) in [6.07, 6.45) is 2.23. The molecule has 0 aliphatic carbocycles.